The van der Waals surface area contributed by atoms with E-state index in [-0.39, 0.29) is 5.91 Å². The van der Waals surface area contributed by atoms with Crippen molar-refractivity contribution in [2.45, 2.75) is 45.4 Å². The van der Waals surface area contributed by atoms with Crippen LogP contribution in [0.1, 0.15) is 43.2 Å². The second-order valence-corrected chi connectivity index (χ2v) is 5.84. The molecule has 100 valence electrons. The Morgan fingerprint density at radius 2 is 1.89 bits per heavy atom. The lowest BCUT2D eigenvalue weighted by Gasteiger charge is -2.32. The van der Waals surface area contributed by atoms with Crippen molar-refractivity contribution in [3.63, 3.8) is 0 Å². The summed E-state index contributed by atoms with van der Waals surface area (Å²) in [5, 5.41) is 3.14. The molecule has 19 heavy (non-hydrogen) atoms. The summed E-state index contributed by atoms with van der Waals surface area (Å²) < 4.78 is 0. The van der Waals surface area contributed by atoms with Crippen LogP contribution in [0.3, 0.4) is 0 Å². The minimum Gasteiger partial charge on any atom is -0.330 e. The number of allylic oxidation sites excluding steroid dienone is 2. The summed E-state index contributed by atoms with van der Waals surface area (Å²) in [6, 6.07) is 8.78. The Balaban J connectivity index is 1.78. The zero-order valence-corrected chi connectivity index (χ0v) is 11.5. The Morgan fingerprint density at radius 3 is 2.53 bits per heavy atom. The SMILES string of the molecule is Cc1ccc(CC2CCC(=O)NC2=C2CCC2)cc1. The molecule has 1 aromatic rings. The van der Waals surface area contributed by atoms with Crippen LogP contribution in [0.2, 0.25) is 0 Å². The van der Waals surface area contributed by atoms with E-state index >= 15 is 0 Å². The third-order valence-corrected chi connectivity index (χ3v) is 4.34. The monoisotopic (exact) mass is 255 g/mol. The number of amides is 1. The second kappa shape index (κ2) is 5.20. The van der Waals surface area contributed by atoms with Crippen LogP contribution >= 0.6 is 0 Å². The average molecular weight is 255 g/mol. The molecule has 3 rings (SSSR count). The van der Waals surface area contributed by atoms with Crippen molar-refractivity contribution in [1.82, 2.24) is 5.32 Å². The third-order valence-electron chi connectivity index (χ3n) is 4.34. The van der Waals surface area contributed by atoms with E-state index in [9.17, 15) is 4.79 Å². The normalized spacial score (nSPS) is 23.0. The molecule has 0 aromatic heterocycles. The lowest BCUT2D eigenvalue weighted by atomic mass is 9.80. The third kappa shape index (κ3) is 2.73. The van der Waals surface area contributed by atoms with Gasteiger partial charge in [0.25, 0.3) is 0 Å². The molecule has 0 bridgehead atoms. The fraction of sp³-hybridized carbons (Fsp3) is 0.471. The topological polar surface area (TPSA) is 29.1 Å². The van der Waals surface area contributed by atoms with Gasteiger partial charge in [-0.25, -0.2) is 0 Å². The number of carbonyl (C=O) groups is 1. The van der Waals surface area contributed by atoms with Crippen LogP contribution in [0.4, 0.5) is 0 Å². The molecule has 2 nitrogen and oxygen atoms in total. The summed E-state index contributed by atoms with van der Waals surface area (Å²) in [6.45, 7) is 2.12. The molecule has 1 heterocycles. The molecule has 1 saturated carbocycles. The fourth-order valence-corrected chi connectivity index (χ4v) is 2.98. The van der Waals surface area contributed by atoms with E-state index in [2.05, 4.69) is 36.5 Å². The summed E-state index contributed by atoms with van der Waals surface area (Å²) >= 11 is 0. The molecule has 2 heteroatoms. The summed E-state index contributed by atoms with van der Waals surface area (Å²) in [5.41, 5.74) is 5.43. The molecule has 0 spiro atoms. The van der Waals surface area contributed by atoms with Crippen LogP contribution in [0.15, 0.2) is 35.5 Å². The van der Waals surface area contributed by atoms with Crippen molar-refractivity contribution >= 4 is 5.91 Å². The van der Waals surface area contributed by atoms with E-state index in [0.29, 0.717) is 12.3 Å². The fourth-order valence-electron chi connectivity index (χ4n) is 2.98. The number of hydrogen-bond acceptors (Lipinski definition) is 1. The molecule has 0 radical (unpaired) electrons. The Bertz CT molecular complexity index is 507. The van der Waals surface area contributed by atoms with Crippen LogP contribution < -0.4 is 5.32 Å². The second-order valence-electron chi connectivity index (χ2n) is 5.84. The number of piperidine rings is 1. The van der Waals surface area contributed by atoms with Crippen LogP contribution in [0.5, 0.6) is 0 Å². The van der Waals surface area contributed by atoms with E-state index in [0.717, 1.165) is 12.8 Å². The first kappa shape index (κ1) is 12.5. The molecular weight excluding hydrogens is 234 g/mol. The van der Waals surface area contributed by atoms with Gasteiger partial charge < -0.3 is 5.32 Å². The maximum Gasteiger partial charge on any atom is 0.224 e. The van der Waals surface area contributed by atoms with Gasteiger partial charge in [-0.1, -0.05) is 35.4 Å². The molecule has 1 amide bonds. The maximum absolute atomic E-state index is 11.6. The first-order valence-corrected chi connectivity index (χ1v) is 7.29. The van der Waals surface area contributed by atoms with Crippen LogP contribution in [-0.2, 0) is 11.2 Å². The maximum atomic E-state index is 11.6. The lowest BCUT2D eigenvalue weighted by Crippen LogP contribution is -2.35. The molecule has 1 atom stereocenters. The number of nitrogens with one attached hydrogen (secondary N) is 1. The zero-order valence-electron chi connectivity index (χ0n) is 11.5. The molecule has 1 aliphatic carbocycles. The Labute approximate surface area is 114 Å². The molecule has 1 aliphatic heterocycles. The van der Waals surface area contributed by atoms with E-state index in [1.165, 1.54) is 41.7 Å². The standard InChI is InChI=1S/C17H21NO/c1-12-5-7-13(8-6-12)11-15-9-10-16(19)18-17(15)14-3-2-4-14/h5-8,15H,2-4,9-11H2,1H3,(H,18,19). The molecule has 2 aliphatic rings. The van der Waals surface area contributed by atoms with Crippen molar-refractivity contribution in [3.05, 3.63) is 46.7 Å². The first-order chi connectivity index (χ1) is 9.22. The van der Waals surface area contributed by atoms with E-state index in [1.807, 2.05) is 0 Å². The van der Waals surface area contributed by atoms with Crippen molar-refractivity contribution in [1.29, 1.82) is 0 Å². The van der Waals surface area contributed by atoms with Gasteiger partial charge in [-0.15, -0.1) is 0 Å². The predicted molar refractivity (Wildman–Crippen MR) is 76.6 cm³/mol. The van der Waals surface area contributed by atoms with Crippen molar-refractivity contribution in [2.24, 2.45) is 5.92 Å². The van der Waals surface area contributed by atoms with Crippen molar-refractivity contribution in [2.75, 3.05) is 0 Å². The Morgan fingerprint density at radius 1 is 1.16 bits per heavy atom. The van der Waals surface area contributed by atoms with Gasteiger partial charge in [-0.2, -0.15) is 0 Å². The van der Waals surface area contributed by atoms with Crippen LogP contribution in [0, 0.1) is 12.8 Å². The highest BCUT2D eigenvalue weighted by molar-refractivity contribution is 5.79. The van der Waals surface area contributed by atoms with E-state index in [1.54, 1.807) is 0 Å². The molecule has 1 unspecified atom stereocenters. The van der Waals surface area contributed by atoms with Gasteiger partial charge in [-0.3, -0.25) is 4.79 Å². The van der Waals surface area contributed by atoms with Crippen LogP contribution in [0.25, 0.3) is 0 Å². The van der Waals surface area contributed by atoms with Crippen molar-refractivity contribution in [3.8, 4) is 0 Å². The van der Waals surface area contributed by atoms with Gasteiger partial charge in [0.2, 0.25) is 5.91 Å². The van der Waals surface area contributed by atoms with E-state index < -0.39 is 0 Å². The van der Waals surface area contributed by atoms with Gasteiger partial charge in [-0.05, 0) is 44.6 Å². The zero-order chi connectivity index (χ0) is 13.2. The van der Waals surface area contributed by atoms with Crippen LogP contribution in [-0.4, -0.2) is 5.91 Å². The quantitative estimate of drug-likeness (QED) is 0.861. The summed E-state index contributed by atoms with van der Waals surface area (Å²) in [7, 11) is 0. The van der Waals surface area contributed by atoms with Gasteiger partial charge in [0, 0.05) is 18.0 Å². The minimum absolute atomic E-state index is 0.203. The number of aryl methyl sites for hydroxylation is 1. The summed E-state index contributed by atoms with van der Waals surface area (Å²) in [6.07, 6.45) is 6.37. The number of carbonyl (C=O) groups excluding carboxylic acids is 1. The number of rotatable bonds is 2. The minimum atomic E-state index is 0.203. The van der Waals surface area contributed by atoms with Gasteiger partial charge in [0.05, 0.1) is 0 Å². The Kier molecular flexibility index (Phi) is 3.41. The van der Waals surface area contributed by atoms with Gasteiger partial charge in [0.1, 0.15) is 0 Å². The molecule has 1 saturated heterocycles. The highest BCUT2D eigenvalue weighted by Crippen LogP contribution is 2.35. The van der Waals surface area contributed by atoms with Gasteiger partial charge in [0.15, 0.2) is 0 Å². The molecule has 2 fully saturated rings. The first-order valence-electron chi connectivity index (χ1n) is 7.29. The summed E-state index contributed by atoms with van der Waals surface area (Å²) in [4.78, 5) is 11.6. The Hall–Kier alpha value is -1.57. The highest BCUT2D eigenvalue weighted by Gasteiger charge is 2.28. The van der Waals surface area contributed by atoms with Crippen molar-refractivity contribution < 1.29 is 4.79 Å². The average Bonchev–Trinajstić information content (AvgIpc) is 2.33. The van der Waals surface area contributed by atoms with Gasteiger partial charge >= 0.3 is 0 Å². The number of benzene rings is 1. The highest BCUT2D eigenvalue weighted by atomic mass is 16.1. The molecular formula is C17H21NO. The predicted octanol–water partition coefficient (Wildman–Crippen LogP) is 3.50. The summed E-state index contributed by atoms with van der Waals surface area (Å²) in [5.74, 6) is 0.713. The van der Waals surface area contributed by atoms with E-state index in [4.69, 9.17) is 0 Å². The molecule has 1 aromatic carbocycles. The largest absolute Gasteiger partial charge is 0.330 e. The number of hydrogen-bond donors (Lipinski definition) is 1. The smallest absolute Gasteiger partial charge is 0.224 e. The molecule has 1 N–H and O–H groups in total. The lowest BCUT2D eigenvalue weighted by molar-refractivity contribution is -0.121.